The fourth-order valence-electron chi connectivity index (χ4n) is 2.90. The van der Waals surface area contributed by atoms with Crippen molar-refractivity contribution in [1.29, 1.82) is 0 Å². The van der Waals surface area contributed by atoms with Gasteiger partial charge >= 0.3 is 0 Å². The van der Waals surface area contributed by atoms with Crippen molar-refractivity contribution >= 4 is 5.91 Å². The van der Waals surface area contributed by atoms with Crippen LogP contribution in [-0.4, -0.2) is 46.2 Å². The van der Waals surface area contributed by atoms with E-state index in [2.05, 4.69) is 15.2 Å². The van der Waals surface area contributed by atoms with Crippen molar-refractivity contribution in [3.63, 3.8) is 0 Å². The van der Waals surface area contributed by atoms with Crippen LogP contribution in [0.2, 0.25) is 0 Å². The Balaban J connectivity index is 1.56. The number of carbonyl (C=O) groups excluding carboxylic acids is 1. The molecule has 0 radical (unpaired) electrons. The summed E-state index contributed by atoms with van der Waals surface area (Å²) in [4.78, 5) is 18.4. The first kappa shape index (κ1) is 19.5. The second-order valence-electron chi connectivity index (χ2n) is 6.41. The molecule has 0 aliphatic heterocycles. The standard InChI is InChI=1S/C21H23FN4O2/c1-3-28-20-18(10-5-11-23-20)21(27)26(2)12-6-9-17-14-19(25-24-17)15-7-4-8-16(22)13-15/h4-5,7-8,10-11,13-14H,3,6,9,12H2,1-2H3,(H,24,25). The molecule has 0 aliphatic rings. The molecule has 2 heterocycles. The van der Waals surface area contributed by atoms with Crippen LogP contribution in [-0.2, 0) is 6.42 Å². The number of nitrogens with zero attached hydrogens (tertiary/aromatic N) is 3. The van der Waals surface area contributed by atoms with E-state index in [1.165, 1.54) is 12.1 Å². The van der Waals surface area contributed by atoms with Crippen molar-refractivity contribution in [1.82, 2.24) is 20.1 Å². The summed E-state index contributed by atoms with van der Waals surface area (Å²) >= 11 is 0. The van der Waals surface area contributed by atoms with E-state index in [9.17, 15) is 9.18 Å². The number of ether oxygens (including phenoxy) is 1. The van der Waals surface area contributed by atoms with Crippen LogP contribution in [0.4, 0.5) is 4.39 Å². The fourth-order valence-corrected chi connectivity index (χ4v) is 2.90. The Kier molecular flexibility index (Phi) is 6.37. The van der Waals surface area contributed by atoms with Crippen LogP contribution in [0, 0.1) is 5.82 Å². The molecule has 146 valence electrons. The molecule has 3 rings (SSSR count). The molecule has 0 fully saturated rings. The van der Waals surface area contributed by atoms with Gasteiger partial charge in [-0.15, -0.1) is 0 Å². The Morgan fingerprint density at radius 3 is 2.89 bits per heavy atom. The summed E-state index contributed by atoms with van der Waals surface area (Å²) in [5, 5.41) is 7.22. The van der Waals surface area contributed by atoms with Crippen LogP contribution in [0.1, 0.15) is 29.4 Å². The third-order valence-corrected chi connectivity index (χ3v) is 4.32. The second kappa shape index (κ2) is 9.12. The van der Waals surface area contributed by atoms with E-state index >= 15 is 0 Å². The maximum atomic E-state index is 13.4. The molecule has 2 aromatic heterocycles. The Morgan fingerprint density at radius 1 is 1.25 bits per heavy atom. The molecule has 3 aromatic rings. The molecule has 0 saturated heterocycles. The predicted molar refractivity (Wildman–Crippen MR) is 105 cm³/mol. The summed E-state index contributed by atoms with van der Waals surface area (Å²) in [5.74, 6) is -0.0548. The van der Waals surface area contributed by atoms with Gasteiger partial charge in [-0.3, -0.25) is 9.89 Å². The highest BCUT2D eigenvalue weighted by Gasteiger charge is 2.17. The molecule has 6 nitrogen and oxygen atoms in total. The van der Waals surface area contributed by atoms with Crippen molar-refractivity contribution in [2.45, 2.75) is 19.8 Å². The molecule has 0 atom stereocenters. The van der Waals surface area contributed by atoms with Gasteiger partial charge in [0.25, 0.3) is 5.91 Å². The van der Waals surface area contributed by atoms with Crippen LogP contribution < -0.4 is 4.74 Å². The highest BCUT2D eigenvalue weighted by Crippen LogP contribution is 2.20. The largest absolute Gasteiger partial charge is 0.477 e. The van der Waals surface area contributed by atoms with Gasteiger partial charge in [0.15, 0.2) is 0 Å². The van der Waals surface area contributed by atoms with Gasteiger partial charge in [0.1, 0.15) is 11.4 Å². The number of amides is 1. The van der Waals surface area contributed by atoms with E-state index in [0.717, 1.165) is 24.1 Å². The number of hydrogen-bond acceptors (Lipinski definition) is 4. The molecule has 0 aliphatic carbocycles. The SMILES string of the molecule is CCOc1ncccc1C(=O)N(C)CCCc1cc(-c2cccc(F)c2)n[nH]1. The molecule has 1 N–H and O–H groups in total. The molecule has 0 unspecified atom stereocenters. The molecular formula is C21H23FN4O2. The number of rotatable bonds is 8. The minimum atomic E-state index is -0.288. The molecule has 1 aromatic carbocycles. The van der Waals surface area contributed by atoms with E-state index in [0.29, 0.717) is 30.3 Å². The zero-order valence-electron chi connectivity index (χ0n) is 16.0. The lowest BCUT2D eigenvalue weighted by Crippen LogP contribution is -2.28. The maximum absolute atomic E-state index is 13.4. The third-order valence-electron chi connectivity index (χ3n) is 4.32. The van der Waals surface area contributed by atoms with Crippen molar-refractivity contribution in [3.8, 4) is 17.1 Å². The number of carbonyl (C=O) groups is 1. The van der Waals surface area contributed by atoms with Crippen LogP contribution in [0.15, 0.2) is 48.7 Å². The summed E-state index contributed by atoms with van der Waals surface area (Å²) in [5.41, 5.74) is 2.84. The van der Waals surface area contributed by atoms with Crippen molar-refractivity contribution in [2.24, 2.45) is 0 Å². The Bertz CT molecular complexity index is 941. The first-order valence-electron chi connectivity index (χ1n) is 9.22. The van der Waals surface area contributed by atoms with Crippen molar-refractivity contribution in [3.05, 3.63) is 65.7 Å². The van der Waals surface area contributed by atoms with Gasteiger partial charge in [-0.2, -0.15) is 5.10 Å². The summed E-state index contributed by atoms with van der Waals surface area (Å²) < 4.78 is 18.8. The Hall–Kier alpha value is -3.22. The van der Waals surface area contributed by atoms with Crippen LogP contribution in [0.3, 0.4) is 0 Å². The molecule has 28 heavy (non-hydrogen) atoms. The number of pyridine rings is 1. The van der Waals surface area contributed by atoms with E-state index in [1.807, 2.05) is 19.1 Å². The average molecular weight is 382 g/mol. The van der Waals surface area contributed by atoms with Gasteiger partial charge < -0.3 is 9.64 Å². The number of benzene rings is 1. The number of halogens is 1. The summed E-state index contributed by atoms with van der Waals surface area (Å²) in [6, 6.07) is 11.7. The van der Waals surface area contributed by atoms with Crippen LogP contribution in [0.5, 0.6) is 5.88 Å². The smallest absolute Gasteiger partial charge is 0.259 e. The number of nitrogens with one attached hydrogen (secondary N) is 1. The van der Waals surface area contributed by atoms with E-state index < -0.39 is 0 Å². The summed E-state index contributed by atoms with van der Waals surface area (Å²) in [6.45, 7) is 2.89. The summed E-state index contributed by atoms with van der Waals surface area (Å²) in [6.07, 6.45) is 3.10. The van der Waals surface area contributed by atoms with Crippen LogP contribution in [0.25, 0.3) is 11.3 Å². The topological polar surface area (TPSA) is 71.1 Å². The number of aryl methyl sites for hydroxylation is 1. The van der Waals surface area contributed by atoms with Gasteiger partial charge in [0.05, 0.1) is 12.3 Å². The first-order chi connectivity index (χ1) is 13.6. The lowest BCUT2D eigenvalue weighted by atomic mass is 10.1. The van der Waals surface area contributed by atoms with Gasteiger partial charge in [0.2, 0.25) is 5.88 Å². The maximum Gasteiger partial charge on any atom is 0.259 e. The number of aromatic amines is 1. The normalized spacial score (nSPS) is 10.7. The average Bonchev–Trinajstić information content (AvgIpc) is 3.17. The van der Waals surface area contributed by atoms with Crippen LogP contribution >= 0.6 is 0 Å². The number of aromatic nitrogens is 3. The molecule has 0 bridgehead atoms. The zero-order valence-corrected chi connectivity index (χ0v) is 16.0. The molecule has 0 saturated carbocycles. The third kappa shape index (κ3) is 4.73. The van der Waals surface area contributed by atoms with Gasteiger partial charge in [-0.25, -0.2) is 9.37 Å². The van der Waals surface area contributed by atoms with Crippen molar-refractivity contribution < 1.29 is 13.9 Å². The fraction of sp³-hybridized carbons (Fsp3) is 0.286. The predicted octanol–water partition coefficient (Wildman–Crippen LogP) is 3.71. The highest BCUT2D eigenvalue weighted by atomic mass is 19.1. The first-order valence-corrected chi connectivity index (χ1v) is 9.22. The zero-order chi connectivity index (χ0) is 19.9. The number of H-pyrrole nitrogens is 1. The van der Waals surface area contributed by atoms with E-state index in [1.54, 1.807) is 36.3 Å². The van der Waals surface area contributed by atoms with Crippen molar-refractivity contribution in [2.75, 3.05) is 20.2 Å². The van der Waals surface area contributed by atoms with Gasteiger partial charge in [-0.05, 0) is 50.1 Å². The quantitative estimate of drug-likeness (QED) is 0.645. The lowest BCUT2D eigenvalue weighted by molar-refractivity contribution is 0.0788. The molecular weight excluding hydrogens is 359 g/mol. The number of hydrogen-bond donors (Lipinski definition) is 1. The molecule has 0 spiro atoms. The highest BCUT2D eigenvalue weighted by molar-refractivity contribution is 5.96. The minimum absolute atomic E-state index is 0.124. The second-order valence-corrected chi connectivity index (χ2v) is 6.41. The minimum Gasteiger partial charge on any atom is -0.477 e. The molecule has 7 heteroatoms. The van der Waals surface area contributed by atoms with E-state index in [-0.39, 0.29) is 11.7 Å². The Morgan fingerprint density at radius 2 is 2.11 bits per heavy atom. The van der Waals surface area contributed by atoms with Gasteiger partial charge in [0, 0.05) is 31.0 Å². The summed E-state index contributed by atoms with van der Waals surface area (Å²) in [7, 11) is 1.76. The van der Waals surface area contributed by atoms with Gasteiger partial charge in [-0.1, -0.05) is 12.1 Å². The molecule has 1 amide bonds. The monoisotopic (exact) mass is 382 g/mol. The Labute approximate surface area is 163 Å². The lowest BCUT2D eigenvalue weighted by Gasteiger charge is -2.18. The van der Waals surface area contributed by atoms with E-state index in [4.69, 9.17) is 4.74 Å².